The van der Waals surface area contributed by atoms with Crippen LogP contribution in [0.25, 0.3) is 15.9 Å². The van der Waals surface area contributed by atoms with Crippen LogP contribution in [0.15, 0.2) is 35.3 Å². The maximum absolute atomic E-state index is 12.1. The normalized spacial score (nSPS) is 11.4. The zero-order valence-electron chi connectivity index (χ0n) is 12.6. The Morgan fingerprint density at radius 3 is 2.96 bits per heavy atom. The molecule has 0 unspecified atom stereocenters. The quantitative estimate of drug-likeness (QED) is 0.623. The summed E-state index contributed by atoms with van der Waals surface area (Å²) in [5, 5.41) is 5.91. The number of nitrogens with one attached hydrogen (secondary N) is 1. The van der Waals surface area contributed by atoms with Gasteiger partial charge in [-0.15, -0.1) is 5.10 Å². The van der Waals surface area contributed by atoms with E-state index in [1.165, 1.54) is 11.3 Å². The van der Waals surface area contributed by atoms with Gasteiger partial charge in [-0.1, -0.05) is 23.5 Å². The standard InChI is InChI=1S/C15H14N6OS/c1-9-7-21-14(16-9)23-15(19-21)20(2)8-12-17-11-6-4-3-5-10(11)13(22)18-12/h3-7H,8H2,1-2H3,(H,17,18,22). The third-order valence-corrected chi connectivity index (χ3v) is 4.57. The minimum Gasteiger partial charge on any atom is -0.342 e. The first kappa shape index (κ1) is 13.9. The smallest absolute Gasteiger partial charge is 0.258 e. The topological polar surface area (TPSA) is 79.2 Å². The molecule has 3 aromatic heterocycles. The second kappa shape index (κ2) is 5.17. The van der Waals surface area contributed by atoms with E-state index < -0.39 is 0 Å². The van der Waals surface area contributed by atoms with E-state index in [1.54, 1.807) is 10.6 Å². The lowest BCUT2D eigenvalue weighted by molar-refractivity contribution is 0.817. The van der Waals surface area contributed by atoms with Crippen molar-refractivity contribution in [2.24, 2.45) is 0 Å². The number of anilines is 1. The van der Waals surface area contributed by atoms with Crippen LogP contribution >= 0.6 is 11.3 Å². The number of aromatic nitrogens is 5. The van der Waals surface area contributed by atoms with E-state index in [4.69, 9.17) is 0 Å². The Balaban J connectivity index is 1.66. The molecule has 0 fully saturated rings. The first-order valence-corrected chi connectivity index (χ1v) is 7.94. The Labute approximate surface area is 135 Å². The summed E-state index contributed by atoms with van der Waals surface area (Å²) in [5.74, 6) is 0.611. The van der Waals surface area contributed by atoms with Crippen LogP contribution in [-0.4, -0.2) is 31.6 Å². The number of rotatable bonds is 3. The summed E-state index contributed by atoms with van der Waals surface area (Å²) >= 11 is 1.50. The van der Waals surface area contributed by atoms with Gasteiger partial charge in [-0.2, -0.15) is 0 Å². The molecule has 116 valence electrons. The molecule has 1 N–H and O–H groups in total. The van der Waals surface area contributed by atoms with Gasteiger partial charge in [0.05, 0.1) is 29.3 Å². The number of benzene rings is 1. The van der Waals surface area contributed by atoms with E-state index in [0.29, 0.717) is 23.3 Å². The fraction of sp³-hybridized carbons (Fsp3) is 0.200. The molecule has 7 nitrogen and oxygen atoms in total. The molecular weight excluding hydrogens is 312 g/mol. The van der Waals surface area contributed by atoms with Crippen LogP contribution in [-0.2, 0) is 6.54 Å². The van der Waals surface area contributed by atoms with Crippen LogP contribution < -0.4 is 10.5 Å². The highest BCUT2D eigenvalue weighted by Gasteiger charge is 2.12. The van der Waals surface area contributed by atoms with Gasteiger partial charge in [0.1, 0.15) is 5.82 Å². The maximum Gasteiger partial charge on any atom is 0.258 e. The molecule has 1 aromatic carbocycles. The Hall–Kier alpha value is -2.74. The lowest BCUT2D eigenvalue weighted by atomic mass is 10.2. The summed E-state index contributed by atoms with van der Waals surface area (Å²) < 4.78 is 1.77. The van der Waals surface area contributed by atoms with Gasteiger partial charge in [0.15, 0.2) is 0 Å². The second-order valence-corrected chi connectivity index (χ2v) is 6.31. The van der Waals surface area contributed by atoms with Gasteiger partial charge in [0, 0.05) is 7.05 Å². The van der Waals surface area contributed by atoms with E-state index in [2.05, 4.69) is 20.1 Å². The number of para-hydroxylation sites is 1. The summed E-state index contributed by atoms with van der Waals surface area (Å²) in [6.07, 6.45) is 1.89. The van der Waals surface area contributed by atoms with Crippen molar-refractivity contribution < 1.29 is 0 Å². The van der Waals surface area contributed by atoms with Crippen molar-refractivity contribution in [3.63, 3.8) is 0 Å². The summed E-state index contributed by atoms with van der Waals surface area (Å²) in [7, 11) is 1.92. The van der Waals surface area contributed by atoms with Crippen molar-refractivity contribution >= 4 is 32.3 Å². The SMILES string of the molecule is Cc1cn2nc(N(C)Cc3nc4ccccc4c(=O)[nH]3)sc2n1. The number of nitrogens with zero attached hydrogens (tertiary/aromatic N) is 5. The predicted octanol–water partition coefficient (Wildman–Crippen LogP) is 1.97. The first-order valence-electron chi connectivity index (χ1n) is 7.12. The van der Waals surface area contributed by atoms with Gasteiger partial charge in [-0.3, -0.25) is 4.79 Å². The van der Waals surface area contributed by atoms with Crippen molar-refractivity contribution in [2.45, 2.75) is 13.5 Å². The third-order valence-electron chi connectivity index (χ3n) is 3.53. The van der Waals surface area contributed by atoms with E-state index in [9.17, 15) is 4.79 Å². The van der Waals surface area contributed by atoms with Crippen molar-refractivity contribution in [1.82, 2.24) is 24.6 Å². The number of hydrogen-bond acceptors (Lipinski definition) is 6. The number of aromatic amines is 1. The first-order chi connectivity index (χ1) is 11.1. The summed E-state index contributed by atoms with van der Waals surface area (Å²) in [6, 6.07) is 7.32. The van der Waals surface area contributed by atoms with Crippen molar-refractivity contribution in [1.29, 1.82) is 0 Å². The molecule has 4 rings (SSSR count). The Kier molecular flexibility index (Phi) is 3.12. The van der Waals surface area contributed by atoms with Crippen molar-refractivity contribution in [2.75, 3.05) is 11.9 Å². The average molecular weight is 326 g/mol. The summed E-state index contributed by atoms with van der Waals surface area (Å²) in [5.41, 5.74) is 1.52. The molecule has 0 aliphatic heterocycles. The van der Waals surface area contributed by atoms with Gasteiger partial charge in [0.2, 0.25) is 10.1 Å². The maximum atomic E-state index is 12.1. The zero-order chi connectivity index (χ0) is 16.0. The molecule has 0 aliphatic rings. The van der Waals surface area contributed by atoms with Gasteiger partial charge in [-0.25, -0.2) is 14.5 Å². The predicted molar refractivity (Wildman–Crippen MR) is 90.1 cm³/mol. The molecule has 0 bridgehead atoms. The van der Waals surface area contributed by atoms with Crippen LogP contribution in [0.3, 0.4) is 0 Å². The third kappa shape index (κ3) is 2.46. The number of hydrogen-bond donors (Lipinski definition) is 1. The lowest BCUT2D eigenvalue weighted by Crippen LogP contribution is -2.21. The molecule has 0 spiro atoms. The molecule has 0 saturated heterocycles. The molecular formula is C15H14N6OS. The molecule has 0 radical (unpaired) electrons. The molecule has 0 amide bonds. The minimum atomic E-state index is -0.122. The molecule has 4 aromatic rings. The monoisotopic (exact) mass is 326 g/mol. The molecule has 0 saturated carbocycles. The number of fused-ring (bicyclic) bond motifs is 2. The molecule has 23 heavy (non-hydrogen) atoms. The van der Waals surface area contributed by atoms with E-state index in [-0.39, 0.29) is 5.56 Å². The van der Waals surface area contributed by atoms with Gasteiger partial charge in [-0.05, 0) is 19.1 Å². The van der Waals surface area contributed by atoms with E-state index in [0.717, 1.165) is 15.8 Å². The van der Waals surface area contributed by atoms with Crippen molar-refractivity contribution in [3.05, 3.63) is 52.3 Å². The van der Waals surface area contributed by atoms with Gasteiger partial charge in [0.25, 0.3) is 5.56 Å². The van der Waals surface area contributed by atoms with Crippen molar-refractivity contribution in [3.8, 4) is 0 Å². The lowest BCUT2D eigenvalue weighted by Gasteiger charge is -2.14. The molecule has 0 aliphatic carbocycles. The van der Waals surface area contributed by atoms with Gasteiger partial charge < -0.3 is 9.88 Å². The number of imidazole rings is 1. The zero-order valence-corrected chi connectivity index (χ0v) is 13.5. The van der Waals surface area contributed by atoms with E-state index >= 15 is 0 Å². The minimum absolute atomic E-state index is 0.122. The van der Waals surface area contributed by atoms with Gasteiger partial charge >= 0.3 is 0 Å². The fourth-order valence-corrected chi connectivity index (χ4v) is 3.34. The van der Waals surface area contributed by atoms with Crippen LogP contribution in [0.5, 0.6) is 0 Å². The highest BCUT2D eigenvalue weighted by Crippen LogP contribution is 2.23. The van der Waals surface area contributed by atoms with Crippen LogP contribution in [0.4, 0.5) is 5.13 Å². The van der Waals surface area contributed by atoms with Crippen LogP contribution in [0.2, 0.25) is 0 Å². The Bertz CT molecular complexity index is 1030. The van der Waals surface area contributed by atoms with E-state index in [1.807, 2.05) is 43.3 Å². The highest BCUT2D eigenvalue weighted by molar-refractivity contribution is 7.20. The molecule has 3 heterocycles. The molecule has 0 atom stereocenters. The highest BCUT2D eigenvalue weighted by atomic mass is 32.1. The Morgan fingerprint density at radius 2 is 2.13 bits per heavy atom. The summed E-state index contributed by atoms with van der Waals surface area (Å²) in [6.45, 7) is 2.41. The number of aryl methyl sites for hydroxylation is 1. The second-order valence-electron chi connectivity index (χ2n) is 5.38. The fourth-order valence-electron chi connectivity index (χ4n) is 2.45. The Morgan fingerprint density at radius 1 is 1.30 bits per heavy atom. The summed E-state index contributed by atoms with van der Waals surface area (Å²) in [4.78, 5) is 26.7. The molecule has 8 heteroatoms. The van der Waals surface area contributed by atoms with Crippen LogP contribution in [0, 0.1) is 6.92 Å². The largest absolute Gasteiger partial charge is 0.342 e. The van der Waals surface area contributed by atoms with Crippen LogP contribution in [0.1, 0.15) is 11.5 Å². The number of H-pyrrole nitrogens is 1. The average Bonchev–Trinajstić information content (AvgIpc) is 3.04.